The second-order valence-corrected chi connectivity index (χ2v) is 14.7. The first-order chi connectivity index (χ1) is 20.6. The molecule has 0 saturated carbocycles. The van der Waals surface area contributed by atoms with E-state index >= 15 is 0 Å². The minimum Gasteiger partial charge on any atom is -0.427 e. The van der Waals surface area contributed by atoms with E-state index in [9.17, 15) is 9.59 Å². The Bertz CT molecular complexity index is 1180. The normalized spacial score (nSPS) is 16.3. The van der Waals surface area contributed by atoms with Crippen molar-refractivity contribution in [1.29, 1.82) is 0 Å². The molecule has 2 aliphatic rings. The largest absolute Gasteiger partial charge is 0.427 e. The van der Waals surface area contributed by atoms with Gasteiger partial charge in [0.05, 0.1) is 8.47 Å². The standard InChI is InChI=1S/C34H40O4S4/c1-3-5-7-9-11-13-31(35)37-27-19-15-25(16-20-27)29-23-39-33(41-29)34-40-24-30(42-34)26-17-21-28(22-18-26)38-32(36)14-12-10-8-6-4-2/h15-24H,3-14H2,1-2H3/b34-33+. The molecule has 2 aromatic carbocycles. The number of esters is 2. The Kier molecular flexibility index (Phi) is 14.1. The molecule has 224 valence electrons. The van der Waals surface area contributed by atoms with Crippen LogP contribution in [0.3, 0.4) is 0 Å². The Balaban J connectivity index is 1.21. The first-order valence-corrected chi connectivity index (χ1v) is 18.4. The van der Waals surface area contributed by atoms with Crippen LogP contribution in [0.25, 0.3) is 9.81 Å². The molecule has 0 unspecified atom stereocenters. The minimum absolute atomic E-state index is 0.154. The van der Waals surface area contributed by atoms with Crippen molar-refractivity contribution in [3.63, 3.8) is 0 Å². The maximum atomic E-state index is 12.1. The third kappa shape index (κ3) is 10.6. The van der Waals surface area contributed by atoms with Crippen molar-refractivity contribution in [3.8, 4) is 11.5 Å². The van der Waals surface area contributed by atoms with Crippen LogP contribution in [0.2, 0.25) is 0 Å². The molecule has 4 nitrogen and oxygen atoms in total. The van der Waals surface area contributed by atoms with Gasteiger partial charge >= 0.3 is 11.9 Å². The number of rotatable bonds is 16. The Labute approximate surface area is 267 Å². The molecular formula is C34H40O4S4. The molecule has 2 heterocycles. The summed E-state index contributed by atoms with van der Waals surface area (Å²) in [5.41, 5.74) is 2.24. The SMILES string of the molecule is CCCCCCCC(=O)Oc1ccc(C2=CS/C(=C3/SC=C(c4ccc(OC(=O)CCCCCCC)cc4)S3)S2)cc1. The van der Waals surface area contributed by atoms with Crippen LogP contribution in [-0.4, -0.2) is 11.9 Å². The summed E-state index contributed by atoms with van der Waals surface area (Å²) in [6, 6.07) is 15.6. The van der Waals surface area contributed by atoms with E-state index in [2.05, 4.69) is 24.7 Å². The summed E-state index contributed by atoms with van der Waals surface area (Å²) in [4.78, 5) is 26.7. The molecular weight excluding hydrogens is 601 g/mol. The predicted octanol–water partition coefficient (Wildman–Crippen LogP) is 11.6. The van der Waals surface area contributed by atoms with Crippen molar-refractivity contribution in [1.82, 2.24) is 0 Å². The highest BCUT2D eigenvalue weighted by atomic mass is 32.2. The smallest absolute Gasteiger partial charge is 0.311 e. The van der Waals surface area contributed by atoms with Crippen molar-refractivity contribution < 1.29 is 19.1 Å². The van der Waals surface area contributed by atoms with E-state index in [1.807, 2.05) is 48.5 Å². The molecule has 8 heteroatoms. The van der Waals surface area contributed by atoms with Gasteiger partial charge in [0.1, 0.15) is 11.5 Å². The van der Waals surface area contributed by atoms with Crippen LogP contribution in [0.4, 0.5) is 0 Å². The van der Waals surface area contributed by atoms with Gasteiger partial charge in [-0.2, -0.15) is 0 Å². The highest BCUT2D eigenvalue weighted by Crippen LogP contribution is 2.58. The lowest BCUT2D eigenvalue weighted by molar-refractivity contribution is -0.135. The summed E-state index contributed by atoms with van der Waals surface area (Å²) in [5.74, 6) is 0.898. The lowest BCUT2D eigenvalue weighted by atomic mass is 10.1. The summed E-state index contributed by atoms with van der Waals surface area (Å²) in [6.07, 6.45) is 12.1. The van der Waals surface area contributed by atoms with E-state index < -0.39 is 0 Å². The van der Waals surface area contributed by atoms with Gasteiger partial charge in [-0.25, -0.2) is 0 Å². The van der Waals surface area contributed by atoms with E-state index in [1.165, 1.54) is 56.8 Å². The second-order valence-electron chi connectivity index (χ2n) is 10.3. The van der Waals surface area contributed by atoms with Crippen LogP contribution in [0.15, 0.2) is 67.8 Å². The van der Waals surface area contributed by atoms with Gasteiger partial charge in [0.2, 0.25) is 0 Å². The topological polar surface area (TPSA) is 52.6 Å². The predicted molar refractivity (Wildman–Crippen MR) is 184 cm³/mol. The number of hydrogen-bond donors (Lipinski definition) is 0. The highest BCUT2D eigenvalue weighted by Gasteiger charge is 2.23. The lowest BCUT2D eigenvalue weighted by Crippen LogP contribution is -2.07. The van der Waals surface area contributed by atoms with Gasteiger partial charge in [0, 0.05) is 22.7 Å². The monoisotopic (exact) mass is 640 g/mol. The zero-order valence-electron chi connectivity index (χ0n) is 24.5. The molecule has 2 aromatic rings. The van der Waals surface area contributed by atoms with Crippen LogP contribution in [0, 0.1) is 0 Å². The molecule has 0 radical (unpaired) electrons. The third-order valence-electron chi connectivity index (χ3n) is 6.83. The number of carbonyl (C=O) groups excluding carboxylic acids is 2. The van der Waals surface area contributed by atoms with Crippen LogP contribution in [0.5, 0.6) is 11.5 Å². The molecule has 4 rings (SSSR count). The van der Waals surface area contributed by atoms with Gasteiger partial charge < -0.3 is 9.47 Å². The maximum absolute atomic E-state index is 12.1. The number of hydrogen-bond acceptors (Lipinski definition) is 8. The zero-order chi connectivity index (χ0) is 29.6. The van der Waals surface area contributed by atoms with Crippen molar-refractivity contribution >= 4 is 68.8 Å². The quantitative estimate of drug-likeness (QED) is 0.102. The van der Waals surface area contributed by atoms with Crippen LogP contribution >= 0.6 is 47.0 Å². The van der Waals surface area contributed by atoms with Gasteiger partial charge in [-0.1, -0.05) is 137 Å². The number of ether oxygens (including phenoxy) is 2. The van der Waals surface area contributed by atoms with Crippen molar-refractivity contribution in [2.24, 2.45) is 0 Å². The van der Waals surface area contributed by atoms with Gasteiger partial charge in [0.25, 0.3) is 0 Å². The first kappa shape index (κ1) is 32.9. The zero-order valence-corrected chi connectivity index (χ0v) is 27.8. The van der Waals surface area contributed by atoms with E-state index in [-0.39, 0.29) is 11.9 Å². The molecule has 0 aromatic heterocycles. The maximum Gasteiger partial charge on any atom is 0.311 e. The molecule has 0 bridgehead atoms. The van der Waals surface area contributed by atoms with E-state index in [0.29, 0.717) is 24.3 Å². The average Bonchev–Trinajstić information content (AvgIpc) is 3.69. The number of benzene rings is 2. The molecule has 0 saturated heterocycles. The Hall–Kier alpha value is -2.00. The van der Waals surface area contributed by atoms with Crippen molar-refractivity contribution in [2.45, 2.75) is 90.9 Å². The lowest BCUT2D eigenvalue weighted by Gasteiger charge is -2.07. The second kappa shape index (κ2) is 18.0. The number of carbonyl (C=O) groups is 2. The molecule has 42 heavy (non-hydrogen) atoms. The van der Waals surface area contributed by atoms with Crippen molar-refractivity contribution in [3.05, 3.63) is 78.9 Å². The summed E-state index contributed by atoms with van der Waals surface area (Å²) in [7, 11) is 0. The van der Waals surface area contributed by atoms with Gasteiger partial charge in [-0.3, -0.25) is 9.59 Å². The first-order valence-electron chi connectivity index (χ1n) is 15.0. The third-order valence-corrected chi connectivity index (χ3v) is 12.2. The van der Waals surface area contributed by atoms with Gasteiger partial charge in [0.15, 0.2) is 0 Å². The van der Waals surface area contributed by atoms with Gasteiger partial charge in [-0.05, 0) is 59.1 Å². The fourth-order valence-electron chi connectivity index (χ4n) is 4.43. The molecule has 0 atom stereocenters. The summed E-state index contributed by atoms with van der Waals surface area (Å²) in [6.45, 7) is 4.38. The fraction of sp³-hybridized carbons (Fsp3) is 0.412. The molecule has 0 fully saturated rings. The minimum atomic E-state index is -0.154. The highest BCUT2D eigenvalue weighted by molar-refractivity contribution is 8.36. The molecule has 0 aliphatic carbocycles. The Morgan fingerprint density at radius 1 is 0.548 bits per heavy atom. The Morgan fingerprint density at radius 3 is 1.31 bits per heavy atom. The van der Waals surface area contributed by atoms with Gasteiger partial charge in [-0.15, -0.1) is 0 Å². The molecule has 2 aliphatic heterocycles. The number of thioether (sulfide) groups is 4. The van der Waals surface area contributed by atoms with E-state index in [4.69, 9.17) is 9.47 Å². The summed E-state index contributed by atoms with van der Waals surface area (Å²) < 4.78 is 13.6. The molecule has 0 N–H and O–H groups in total. The molecule has 0 spiro atoms. The average molecular weight is 641 g/mol. The summed E-state index contributed by atoms with van der Waals surface area (Å²) >= 11 is 7.06. The fourth-order valence-corrected chi connectivity index (χ4v) is 9.36. The number of unbranched alkanes of at least 4 members (excludes halogenated alkanes) is 8. The Morgan fingerprint density at radius 2 is 0.929 bits per heavy atom. The van der Waals surface area contributed by atoms with Crippen LogP contribution in [-0.2, 0) is 9.59 Å². The molecule has 0 amide bonds. The van der Waals surface area contributed by atoms with E-state index in [0.717, 1.165) is 36.8 Å². The van der Waals surface area contributed by atoms with Crippen LogP contribution < -0.4 is 9.47 Å². The van der Waals surface area contributed by atoms with E-state index in [1.54, 1.807) is 47.0 Å². The summed E-state index contributed by atoms with van der Waals surface area (Å²) in [5, 5.41) is 4.38. The van der Waals surface area contributed by atoms with Crippen LogP contribution in [0.1, 0.15) is 102 Å². The van der Waals surface area contributed by atoms with Crippen molar-refractivity contribution in [2.75, 3.05) is 0 Å².